The lowest BCUT2D eigenvalue weighted by Gasteiger charge is -2.19. The zero-order valence-electron chi connectivity index (χ0n) is 9.56. The summed E-state index contributed by atoms with van der Waals surface area (Å²) in [6, 6.07) is 0. The number of hydrogen-bond acceptors (Lipinski definition) is 5. The van der Waals surface area contributed by atoms with Crippen LogP contribution in [0, 0.1) is 0 Å². The first-order valence-electron chi connectivity index (χ1n) is 5.14. The molecule has 5 nitrogen and oxygen atoms in total. The SMILES string of the molecule is CN1CCN=C1NCC1(S(C)(=O)=O)CC1.I. The molecule has 1 aliphatic carbocycles. The number of nitrogens with zero attached hydrogens (tertiary/aromatic N) is 2. The number of rotatable bonds is 3. The van der Waals surface area contributed by atoms with Gasteiger partial charge in [0.25, 0.3) is 0 Å². The van der Waals surface area contributed by atoms with Crippen LogP contribution >= 0.6 is 24.0 Å². The third-order valence-corrected chi connectivity index (χ3v) is 5.35. The summed E-state index contributed by atoms with van der Waals surface area (Å²) in [6.45, 7) is 2.20. The maximum absolute atomic E-state index is 11.5. The summed E-state index contributed by atoms with van der Waals surface area (Å²) in [5.74, 6) is 0.824. The van der Waals surface area contributed by atoms with E-state index < -0.39 is 14.6 Å². The zero-order chi connectivity index (χ0) is 11.1. The monoisotopic (exact) mass is 359 g/mol. The molecular weight excluding hydrogens is 341 g/mol. The molecule has 7 heteroatoms. The molecule has 1 saturated carbocycles. The Bertz CT molecular complexity index is 390. The Hall–Kier alpha value is -0.0500. The van der Waals surface area contributed by atoms with Crippen LogP contribution in [0.3, 0.4) is 0 Å². The minimum Gasteiger partial charge on any atom is -0.355 e. The molecule has 1 heterocycles. The Kier molecular flexibility index (Phi) is 4.09. The maximum atomic E-state index is 11.5. The summed E-state index contributed by atoms with van der Waals surface area (Å²) in [6.07, 6.45) is 2.87. The van der Waals surface area contributed by atoms with Crippen LogP contribution in [0.5, 0.6) is 0 Å². The molecule has 0 unspecified atom stereocenters. The van der Waals surface area contributed by atoms with Crippen molar-refractivity contribution in [1.82, 2.24) is 10.2 Å². The lowest BCUT2D eigenvalue weighted by Crippen LogP contribution is -2.42. The van der Waals surface area contributed by atoms with Gasteiger partial charge in [0.15, 0.2) is 15.8 Å². The highest BCUT2D eigenvalue weighted by molar-refractivity contribution is 14.0. The second-order valence-electron chi connectivity index (χ2n) is 4.44. The van der Waals surface area contributed by atoms with E-state index in [4.69, 9.17) is 0 Å². The molecule has 1 aliphatic heterocycles. The minimum atomic E-state index is -2.94. The predicted molar refractivity (Wildman–Crippen MR) is 75.2 cm³/mol. The molecule has 2 rings (SSSR count). The van der Waals surface area contributed by atoms with E-state index in [9.17, 15) is 8.42 Å². The second-order valence-corrected chi connectivity index (χ2v) is 6.85. The van der Waals surface area contributed by atoms with Crippen molar-refractivity contribution < 1.29 is 8.42 Å². The third kappa shape index (κ3) is 2.61. The van der Waals surface area contributed by atoms with Crippen molar-refractivity contribution in [1.29, 1.82) is 0 Å². The van der Waals surface area contributed by atoms with E-state index in [1.165, 1.54) is 6.26 Å². The molecule has 16 heavy (non-hydrogen) atoms. The van der Waals surface area contributed by atoms with Gasteiger partial charge < -0.3 is 10.2 Å². The fraction of sp³-hybridized carbons (Fsp3) is 0.889. The van der Waals surface area contributed by atoms with Gasteiger partial charge in [0.2, 0.25) is 0 Å². The fourth-order valence-corrected chi connectivity index (χ4v) is 2.96. The van der Waals surface area contributed by atoms with E-state index in [1.54, 1.807) is 0 Å². The van der Waals surface area contributed by atoms with Gasteiger partial charge in [0.1, 0.15) is 0 Å². The van der Waals surface area contributed by atoms with E-state index in [1.807, 2.05) is 11.9 Å². The van der Waals surface area contributed by atoms with Crippen molar-refractivity contribution in [2.45, 2.75) is 17.6 Å². The van der Waals surface area contributed by atoms with Crippen molar-refractivity contribution in [3.05, 3.63) is 0 Å². The van der Waals surface area contributed by atoms with Gasteiger partial charge in [-0.2, -0.15) is 0 Å². The average Bonchev–Trinajstić information content (AvgIpc) is 2.82. The van der Waals surface area contributed by atoms with Gasteiger partial charge in [-0.25, -0.2) is 8.42 Å². The Balaban J connectivity index is 0.00000128. The third-order valence-electron chi connectivity index (χ3n) is 3.22. The molecule has 0 radical (unpaired) electrons. The highest BCUT2D eigenvalue weighted by Gasteiger charge is 2.52. The summed E-state index contributed by atoms with van der Waals surface area (Å²) < 4.78 is 22.5. The van der Waals surface area contributed by atoms with Gasteiger partial charge >= 0.3 is 0 Å². The number of halogens is 1. The molecular formula is C9H18IN3O2S. The van der Waals surface area contributed by atoms with Gasteiger partial charge in [0.05, 0.1) is 11.3 Å². The van der Waals surface area contributed by atoms with E-state index >= 15 is 0 Å². The number of nitrogens with one attached hydrogen (secondary N) is 1. The van der Waals surface area contributed by atoms with Crippen molar-refractivity contribution in [2.24, 2.45) is 4.99 Å². The van der Waals surface area contributed by atoms with E-state index in [-0.39, 0.29) is 24.0 Å². The fourth-order valence-electron chi connectivity index (χ4n) is 1.78. The van der Waals surface area contributed by atoms with Crippen molar-refractivity contribution >= 4 is 39.8 Å². The number of hydrogen-bond donors (Lipinski definition) is 1. The van der Waals surface area contributed by atoms with Crippen molar-refractivity contribution in [3.63, 3.8) is 0 Å². The molecule has 0 amide bonds. The topological polar surface area (TPSA) is 61.8 Å². The van der Waals surface area contributed by atoms with Crippen LogP contribution in [0.2, 0.25) is 0 Å². The van der Waals surface area contributed by atoms with Gasteiger partial charge in [-0.15, -0.1) is 24.0 Å². The summed E-state index contributed by atoms with van der Waals surface area (Å²) >= 11 is 0. The van der Waals surface area contributed by atoms with E-state index in [0.717, 1.165) is 31.9 Å². The molecule has 0 atom stereocenters. The first kappa shape index (κ1) is 14.0. The maximum Gasteiger partial charge on any atom is 0.193 e. The molecule has 0 aromatic heterocycles. The highest BCUT2D eigenvalue weighted by Crippen LogP contribution is 2.42. The van der Waals surface area contributed by atoms with Crippen LogP contribution in [0.25, 0.3) is 0 Å². The van der Waals surface area contributed by atoms with Crippen LogP contribution < -0.4 is 5.32 Å². The smallest absolute Gasteiger partial charge is 0.193 e. The molecule has 94 valence electrons. The van der Waals surface area contributed by atoms with Crippen molar-refractivity contribution in [3.8, 4) is 0 Å². The Morgan fingerprint density at radius 3 is 2.50 bits per heavy atom. The Labute approximate surface area is 114 Å². The van der Waals surface area contributed by atoms with Crippen LogP contribution in [0.4, 0.5) is 0 Å². The molecule has 0 aromatic carbocycles. The molecule has 1 fully saturated rings. The van der Waals surface area contributed by atoms with Crippen LogP contribution in [0.1, 0.15) is 12.8 Å². The van der Waals surface area contributed by atoms with Crippen LogP contribution in [-0.2, 0) is 9.84 Å². The van der Waals surface area contributed by atoms with Crippen LogP contribution in [-0.4, -0.2) is 57.0 Å². The van der Waals surface area contributed by atoms with E-state index in [2.05, 4.69) is 10.3 Å². The van der Waals surface area contributed by atoms with Gasteiger partial charge in [-0.3, -0.25) is 4.99 Å². The lowest BCUT2D eigenvalue weighted by molar-refractivity contribution is 0.528. The number of guanidine groups is 1. The Morgan fingerprint density at radius 2 is 2.12 bits per heavy atom. The largest absolute Gasteiger partial charge is 0.355 e. The van der Waals surface area contributed by atoms with Gasteiger partial charge in [-0.1, -0.05) is 0 Å². The molecule has 2 aliphatic rings. The molecule has 0 spiro atoms. The predicted octanol–water partition coefficient (Wildman–Crippen LogP) is 0.0726. The summed E-state index contributed by atoms with van der Waals surface area (Å²) in [5, 5.41) is 3.14. The van der Waals surface area contributed by atoms with Gasteiger partial charge in [-0.05, 0) is 12.8 Å². The second kappa shape index (κ2) is 4.67. The lowest BCUT2D eigenvalue weighted by atomic mass is 10.4. The normalized spacial score (nSPS) is 22.4. The highest BCUT2D eigenvalue weighted by atomic mass is 127. The molecule has 0 bridgehead atoms. The first-order chi connectivity index (χ1) is 6.95. The minimum absolute atomic E-state index is 0. The average molecular weight is 359 g/mol. The number of sulfone groups is 1. The summed E-state index contributed by atoms with van der Waals surface area (Å²) in [5.41, 5.74) is 0. The molecule has 1 N–H and O–H groups in total. The summed E-state index contributed by atoms with van der Waals surface area (Å²) in [4.78, 5) is 6.28. The Morgan fingerprint density at radius 1 is 1.50 bits per heavy atom. The summed E-state index contributed by atoms with van der Waals surface area (Å²) in [7, 11) is -0.979. The van der Waals surface area contributed by atoms with Crippen molar-refractivity contribution in [2.75, 3.05) is 32.9 Å². The first-order valence-corrected chi connectivity index (χ1v) is 7.03. The van der Waals surface area contributed by atoms with Gasteiger partial charge in [0, 0.05) is 26.4 Å². The number of aliphatic imine (C=N–C) groups is 1. The van der Waals surface area contributed by atoms with E-state index in [0.29, 0.717) is 6.54 Å². The molecule has 0 saturated heterocycles. The number of likely N-dealkylation sites (N-methyl/N-ethyl adjacent to an activating group) is 1. The standard InChI is InChI=1S/C9H17N3O2S.HI/c1-12-6-5-10-8(12)11-7-9(3-4-9)15(2,13)14;/h3-7H2,1-2H3,(H,10,11);1H. The van der Waals surface area contributed by atoms with Crippen LogP contribution in [0.15, 0.2) is 4.99 Å². The quantitative estimate of drug-likeness (QED) is 0.725. The zero-order valence-corrected chi connectivity index (χ0v) is 12.7. The molecule has 0 aromatic rings.